The first-order valence-electron chi connectivity index (χ1n) is 6.49. The molecule has 0 aliphatic rings. The topological polar surface area (TPSA) is 148 Å². The molecular formula is C13H19NO9. The molecule has 0 saturated heterocycles. The van der Waals surface area contributed by atoms with Crippen LogP contribution >= 0.6 is 0 Å². The van der Waals surface area contributed by atoms with E-state index in [1.807, 2.05) is 0 Å². The third kappa shape index (κ3) is 8.39. The summed E-state index contributed by atoms with van der Waals surface area (Å²) in [4.78, 5) is 55.9. The van der Waals surface area contributed by atoms with Crippen LogP contribution in [0.15, 0.2) is 0 Å². The molecule has 0 fully saturated rings. The Labute approximate surface area is 132 Å². The lowest BCUT2D eigenvalue weighted by molar-refractivity contribution is -0.190. The van der Waals surface area contributed by atoms with Crippen molar-refractivity contribution in [3.8, 4) is 0 Å². The molecule has 0 aromatic heterocycles. The molecule has 0 aliphatic carbocycles. The van der Waals surface area contributed by atoms with Crippen LogP contribution in [0.5, 0.6) is 0 Å². The molecule has 10 heteroatoms. The van der Waals surface area contributed by atoms with Crippen molar-refractivity contribution in [3.63, 3.8) is 0 Å². The fraction of sp³-hybridized carbons (Fsp3) is 0.615. The number of ether oxygens (including phenoxy) is 4. The number of nitrogens with two attached hydrogens (primary N) is 1. The maximum atomic E-state index is 11.5. The van der Waals surface area contributed by atoms with Gasteiger partial charge in [-0.1, -0.05) is 0 Å². The van der Waals surface area contributed by atoms with Crippen LogP contribution < -0.4 is 5.73 Å². The monoisotopic (exact) mass is 333 g/mol. The van der Waals surface area contributed by atoms with Crippen LogP contribution in [-0.2, 0) is 42.9 Å². The minimum atomic E-state index is -1.73. The quantitative estimate of drug-likeness (QED) is 0.428. The van der Waals surface area contributed by atoms with E-state index in [0.29, 0.717) is 0 Å². The van der Waals surface area contributed by atoms with Crippen molar-refractivity contribution in [3.05, 3.63) is 0 Å². The Balaban J connectivity index is 5.55. The lowest BCUT2D eigenvalue weighted by atomic mass is 10.1. The van der Waals surface area contributed by atoms with Gasteiger partial charge in [-0.2, -0.15) is 0 Å². The van der Waals surface area contributed by atoms with Crippen LogP contribution in [0.4, 0.5) is 0 Å². The molecule has 0 aromatic carbocycles. The van der Waals surface area contributed by atoms with Crippen molar-refractivity contribution in [1.82, 2.24) is 0 Å². The van der Waals surface area contributed by atoms with E-state index in [9.17, 15) is 24.0 Å². The standard InChI is InChI=1S/C13H19NO9/c1-6(15)20-5-10(21-7(2)16)11(22-8(3)17)12(13(14)19)23-9(4)18/h10-12H,5H2,1-4H3,(H2,14,19). The van der Waals surface area contributed by atoms with Gasteiger partial charge in [-0.15, -0.1) is 0 Å². The van der Waals surface area contributed by atoms with Crippen molar-refractivity contribution in [1.29, 1.82) is 0 Å². The summed E-state index contributed by atoms with van der Waals surface area (Å²) < 4.78 is 19.2. The summed E-state index contributed by atoms with van der Waals surface area (Å²) in [5.74, 6) is -4.36. The van der Waals surface area contributed by atoms with Crippen molar-refractivity contribution < 1.29 is 42.9 Å². The maximum Gasteiger partial charge on any atom is 0.303 e. The molecular weight excluding hydrogens is 314 g/mol. The second-order valence-electron chi connectivity index (χ2n) is 4.46. The normalized spacial score (nSPS) is 13.9. The van der Waals surface area contributed by atoms with Gasteiger partial charge in [0.2, 0.25) is 6.10 Å². The first-order valence-corrected chi connectivity index (χ1v) is 6.49. The van der Waals surface area contributed by atoms with Gasteiger partial charge >= 0.3 is 23.9 Å². The van der Waals surface area contributed by atoms with Gasteiger partial charge in [-0.25, -0.2) is 0 Å². The van der Waals surface area contributed by atoms with Crippen molar-refractivity contribution >= 4 is 29.8 Å². The Morgan fingerprint density at radius 3 is 1.61 bits per heavy atom. The van der Waals surface area contributed by atoms with Crippen LogP contribution in [0.2, 0.25) is 0 Å². The van der Waals surface area contributed by atoms with E-state index in [2.05, 4.69) is 0 Å². The number of amides is 1. The first kappa shape index (κ1) is 20.3. The lowest BCUT2D eigenvalue weighted by Gasteiger charge is -2.29. The van der Waals surface area contributed by atoms with Crippen LogP contribution in [-0.4, -0.2) is 54.7 Å². The largest absolute Gasteiger partial charge is 0.462 e. The van der Waals surface area contributed by atoms with Crippen LogP contribution in [0.25, 0.3) is 0 Å². The number of esters is 4. The molecule has 1 amide bonds. The number of primary amides is 1. The second kappa shape index (κ2) is 9.38. The first-order chi connectivity index (χ1) is 10.5. The van der Waals surface area contributed by atoms with Crippen molar-refractivity contribution in [2.45, 2.75) is 46.0 Å². The van der Waals surface area contributed by atoms with E-state index in [0.717, 1.165) is 27.7 Å². The highest BCUT2D eigenvalue weighted by Gasteiger charge is 2.41. The van der Waals surface area contributed by atoms with Crippen LogP contribution in [0.1, 0.15) is 27.7 Å². The SMILES string of the molecule is CC(=O)OCC(OC(C)=O)C(OC(C)=O)C(OC(C)=O)C(N)=O. The summed E-state index contributed by atoms with van der Waals surface area (Å²) in [5, 5.41) is 0. The predicted molar refractivity (Wildman–Crippen MR) is 72.5 cm³/mol. The van der Waals surface area contributed by atoms with E-state index in [1.165, 1.54) is 0 Å². The minimum Gasteiger partial charge on any atom is -0.462 e. The van der Waals surface area contributed by atoms with E-state index in [-0.39, 0.29) is 0 Å². The Hall–Kier alpha value is -2.65. The second-order valence-corrected chi connectivity index (χ2v) is 4.46. The third-order valence-corrected chi connectivity index (χ3v) is 2.31. The van der Waals surface area contributed by atoms with Gasteiger partial charge in [-0.3, -0.25) is 24.0 Å². The molecule has 0 spiro atoms. The third-order valence-electron chi connectivity index (χ3n) is 2.31. The smallest absolute Gasteiger partial charge is 0.303 e. The molecule has 3 atom stereocenters. The molecule has 0 aromatic rings. The molecule has 0 radical (unpaired) electrons. The van der Waals surface area contributed by atoms with Crippen molar-refractivity contribution in [2.75, 3.05) is 6.61 Å². The predicted octanol–water partition coefficient (Wildman–Crippen LogP) is -1.17. The summed E-state index contributed by atoms with van der Waals surface area (Å²) in [6, 6.07) is 0. The van der Waals surface area contributed by atoms with Gasteiger partial charge in [0.1, 0.15) is 6.61 Å². The minimum absolute atomic E-state index is 0.530. The molecule has 0 saturated carbocycles. The Morgan fingerprint density at radius 1 is 0.783 bits per heavy atom. The zero-order valence-corrected chi connectivity index (χ0v) is 13.2. The molecule has 0 heterocycles. The summed E-state index contributed by atoms with van der Waals surface area (Å²) in [7, 11) is 0. The van der Waals surface area contributed by atoms with Crippen LogP contribution in [0.3, 0.4) is 0 Å². The number of rotatable bonds is 8. The highest BCUT2D eigenvalue weighted by molar-refractivity contribution is 5.83. The highest BCUT2D eigenvalue weighted by atomic mass is 16.6. The molecule has 130 valence electrons. The number of hydrogen-bond acceptors (Lipinski definition) is 9. The molecule has 3 unspecified atom stereocenters. The van der Waals surface area contributed by atoms with Crippen LogP contribution in [0, 0.1) is 0 Å². The van der Waals surface area contributed by atoms with Gasteiger partial charge < -0.3 is 24.7 Å². The van der Waals surface area contributed by atoms with E-state index >= 15 is 0 Å². The van der Waals surface area contributed by atoms with E-state index in [1.54, 1.807) is 0 Å². The average molecular weight is 333 g/mol. The summed E-state index contributed by atoms with van der Waals surface area (Å²) in [5.41, 5.74) is 5.13. The van der Waals surface area contributed by atoms with Gasteiger partial charge in [0.15, 0.2) is 12.2 Å². The molecule has 0 rings (SSSR count). The molecule has 2 N–H and O–H groups in total. The van der Waals surface area contributed by atoms with Gasteiger partial charge in [0.05, 0.1) is 0 Å². The fourth-order valence-corrected chi connectivity index (χ4v) is 1.60. The van der Waals surface area contributed by atoms with E-state index < -0.39 is 54.7 Å². The van der Waals surface area contributed by atoms with Gasteiger partial charge in [0.25, 0.3) is 5.91 Å². The Kier molecular flexibility index (Phi) is 8.30. The summed E-state index contributed by atoms with van der Waals surface area (Å²) in [6.07, 6.45) is -4.69. The maximum absolute atomic E-state index is 11.5. The fourth-order valence-electron chi connectivity index (χ4n) is 1.60. The van der Waals surface area contributed by atoms with Gasteiger partial charge in [-0.05, 0) is 0 Å². The summed E-state index contributed by atoms with van der Waals surface area (Å²) >= 11 is 0. The molecule has 0 bridgehead atoms. The molecule has 0 aliphatic heterocycles. The van der Waals surface area contributed by atoms with E-state index in [4.69, 9.17) is 24.7 Å². The summed E-state index contributed by atoms with van der Waals surface area (Å²) in [6.45, 7) is 3.65. The Bertz CT molecular complexity index is 488. The zero-order valence-electron chi connectivity index (χ0n) is 13.2. The van der Waals surface area contributed by atoms with Crippen molar-refractivity contribution in [2.24, 2.45) is 5.73 Å². The Morgan fingerprint density at radius 2 is 1.26 bits per heavy atom. The number of carbonyl (C=O) groups excluding carboxylic acids is 5. The average Bonchev–Trinajstić information content (AvgIpc) is 2.37. The lowest BCUT2D eigenvalue weighted by Crippen LogP contribution is -2.52. The zero-order chi connectivity index (χ0) is 18.2. The number of carbonyl (C=O) groups is 5. The van der Waals surface area contributed by atoms with Gasteiger partial charge in [0, 0.05) is 27.7 Å². The highest BCUT2D eigenvalue weighted by Crippen LogP contribution is 2.15. The molecule has 10 nitrogen and oxygen atoms in total. The molecule has 23 heavy (non-hydrogen) atoms. The number of hydrogen-bond donors (Lipinski definition) is 1.